The predicted molar refractivity (Wildman–Crippen MR) is 54.3 cm³/mol. The molecule has 0 N–H and O–H groups in total. The average Bonchev–Trinajstić information content (AvgIpc) is 2.17. The summed E-state index contributed by atoms with van der Waals surface area (Å²) in [6.45, 7) is 4.19. The van der Waals surface area contributed by atoms with Gasteiger partial charge in [0.25, 0.3) is 0 Å². The van der Waals surface area contributed by atoms with Crippen LogP contribution in [0.15, 0.2) is 0 Å². The summed E-state index contributed by atoms with van der Waals surface area (Å²) in [6, 6.07) is 0. The van der Waals surface area contributed by atoms with Gasteiger partial charge in [0, 0.05) is 12.8 Å². The van der Waals surface area contributed by atoms with E-state index in [1.54, 1.807) is 0 Å². The smallest absolute Gasteiger partial charge is 0.297 e. The zero-order valence-electron chi connectivity index (χ0n) is 8.97. The van der Waals surface area contributed by atoms with Crippen LogP contribution < -0.4 is 0 Å². The lowest BCUT2D eigenvalue weighted by Gasteiger charge is -1.97. The molecule has 3 heteroatoms. The Morgan fingerprint density at radius 3 is 2.64 bits per heavy atom. The molecule has 0 aliphatic rings. The fourth-order valence-electron chi connectivity index (χ4n) is 0.775. The fraction of sp³-hybridized carbons (Fsp3) is 0.727. The normalized spacial score (nSPS) is 9.00. The lowest BCUT2D eigenvalue weighted by Crippen LogP contribution is -2.04. The third-order valence-corrected chi connectivity index (χ3v) is 1.52. The van der Waals surface area contributed by atoms with Crippen molar-refractivity contribution >= 4 is 5.97 Å². The standard InChI is InChI=1S/C11H18O3/c1-3-5-6-7-8-10-13-14-11(12)9-4-2/h3-6,9-10H2,1-2H3. The first-order valence-corrected chi connectivity index (χ1v) is 5.09. The molecule has 0 fully saturated rings. The van der Waals surface area contributed by atoms with Crippen LogP contribution in [0.25, 0.3) is 0 Å². The van der Waals surface area contributed by atoms with Crippen LogP contribution in [0, 0.1) is 11.8 Å². The Morgan fingerprint density at radius 2 is 2.00 bits per heavy atom. The van der Waals surface area contributed by atoms with Crippen LogP contribution >= 0.6 is 0 Å². The van der Waals surface area contributed by atoms with Gasteiger partial charge in [-0.1, -0.05) is 26.2 Å². The number of hydrogen-bond acceptors (Lipinski definition) is 3. The first kappa shape index (κ1) is 13.0. The van der Waals surface area contributed by atoms with E-state index in [0.29, 0.717) is 6.42 Å². The summed E-state index contributed by atoms with van der Waals surface area (Å²) in [5.41, 5.74) is 0. The van der Waals surface area contributed by atoms with Crippen molar-refractivity contribution in [2.45, 2.75) is 46.0 Å². The topological polar surface area (TPSA) is 35.5 Å². The third-order valence-electron chi connectivity index (χ3n) is 1.52. The van der Waals surface area contributed by atoms with Gasteiger partial charge in [-0.15, -0.1) is 5.92 Å². The third kappa shape index (κ3) is 9.08. The van der Waals surface area contributed by atoms with E-state index in [2.05, 4.69) is 28.5 Å². The van der Waals surface area contributed by atoms with Crippen LogP contribution in [0.3, 0.4) is 0 Å². The van der Waals surface area contributed by atoms with Crippen LogP contribution in [0.5, 0.6) is 0 Å². The monoisotopic (exact) mass is 198 g/mol. The fourth-order valence-corrected chi connectivity index (χ4v) is 0.775. The molecule has 0 saturated carbocycles. The van der Waals surface area contributed by atoms with Gasteiger partial charge in [-0.25, -0.2) is 4.79 Å². The molecule has 0 radical (unpaired) electrons. The number of hydrogen-bond donors (Lipinski definition) is 0. The number of unbranched alkanes of at least 4 members (excludes halogenated alkanes) is 2. The summed E-state index contributed by atoms with van der Waals surface area (Å²) in [4.78, 5) is 19.8. The summed E-state index contributed by atoms with van der Waals surface area (Å²) in [5.74, 6) is 5.36. The molecular formula is C11H18O3. The second-order valence-corrected chi connectivity index (χ2v) is 2.92. The molecule has 0 aliphatic heterocycles. The first-order chi connectivity index (χ1) is 6.81. The molecule has 80 valence electrons. The molecular weight excluding hydrogens is 180 g/mol. The van der Waals surface area contributed by atoms with Gasteiger partial charge in [0.2, 0.25) is 0 Å². The van der Waals surface area contributed by atoms with Gasteiger partial charge in [0.15, 0.2) is 6.61 Å². The average molecular weight is 198 g/mol. The molecule has 0 aromatic carbocycles. The highest BCUT2D eigenvalue weighted by molar-refractivity contribution is 5.68. The van der Waals surface area contributed by atoms with E-state index in [0.717, 1.165) is 25.7 Å². The van der Waals surface area contributed by atoms with Crippen LogP contribution in [0.2, 0.25) is 0 Å². The van der Waals surface area contributed by atoms with Crippen molar-refractivity contribution in [2.75, 3.05) is 6.61 Å². The van der Waals surface area contributed by atoms with Gasteiger partial charge in [0.05, 0.1) is 0 Å². The van der Waals surface area contributed by atoms with Gasteiger partial charge < -0.3 is 0 Å². The maximum Gasteiger partial charge on any atom is 0.342 e. The molecule has 0 spiro atoms. The quantitative estimate of drug-likeness (QED) is 0.284. The van der Waals surface area contributed by atoms with Gasteiger partial charge in [-0.2, -0.15) is 4.89 Å². The molecule has 0 unspecified atom stereocenters. The van der Waals surface area contributed by atoms with E-state index < -0.39 is 0 Å². The van der Waals surface area contributed by atoms with E-state index in [1.807, 2.05) is 6.92 Å². The van der Waals surface area contributed by atoms with E-state index in [1.165, 1.54) is 0 Å². The van der Waals surface area contributed by atoms with Crippen molar-refractivity contribution in [3.63, 3.8) is 0 Å². The molecule has 0 heterocycles. The predicted octanol–water partition coefficient (Wildman–Crippen LogP) is 2.45. The van der Waals surface area contributed by atoms with Crippen molar-refractivity contribution in [3.8, 4) is 11.8 Å². The maximum atomic E-state index is 10.8. The molecule has 0 saturated heterocycles. The number of carbonyl (C=O) groups is 1. The molecule has 0 atom stereocenters. The minimum Gasteiger partial charge on any atom is -0.297 e. The van der Waals surface area contributed by atoms with E-state index in [9.17, 15) is 4.79 Å². The van der Waals surface area contributed by atoms with Gasteiger partial charge >= 0.3 is 5.97 Å². The molecule has 0 bridgehead atoms. The molecule has 0 aromatic rings. The summed E-state index contributed by atoms with van der Waals surface area (Å²) < 4.78 is 0. The summed E-state index contributed by atoms with van der Waals surface area (Å²) in [5, 5.41) is 0. The first-order valence-electron chi connectivity index (χ1n) is 5.09. The highest BCUT2D eigenvalue weighted by Gasteiger charge is 1.99. The molecule has 3 nitrogen and oxygen atoms in total. The SMILES string of the molecule is CCCCC#CCOOC(=O)CCC. The van der Waals surface area contributed by atoms with Crippen molar-refractivity contribution < 1.29 is 14.6 Å². The summed E-state index contributed by atoms with van der Waals surface area (Å²) in [6.07, 6.45) is 4.28. The van der Waals surface area contributed by atoms with E-state index >= 15 is 0 Å². The lowest BCUT2D eigenvalue weighted by molar-refractivity contribution is -0.264. The molecule has 0 aliphatic carbocycles. The number of carbonyl (C=O) groups excluding carboxylic acids is 1. The Kier molecular flexibility index (Phi) is 9.35. The van der Waals surface area contributed by atoms with Crippen LogP contribution in [0.4, 0.5) is 0 Å². The zero-order chi connectivity index (χ0) is 10.6. The molecule has 0 rings (SSSR count). The minimum atomic E-state index is -0.331. The van der Waals surface area contributed by atoms with E-state index in [-0.39, 0.29) is 12.6 Å². The molecule has 0 aromatic heterocycles. The van der Waals surface area contributed by atoms with Gasteiger partial charge in [-0.05, 0) is 12.8 Å². The van der Waals surface area contributed by atoms with Crippen molar-refractivity contribution in [1.29, 1.82) is 0 Å². The minimum absolute atomic E-state index is 0.166. The van der Waals surface area contributed by atoms with Crippen LogP contribution in [-0.4, -0.2) is 12.6 Å². The Morgan fingerprint density at radius 1 is 1.21 bits per heavy atom. The van der Waals surface area contributed by atoms with Crippen molar-refractivity contribution in [1.82, 2.24) is 0 Å². The second kappa shape index (κ2) is 10.1. The van der Waals surface area contributed by atoms with E-state index in [4.69, 9.17) is 0 Å². The van der Waals surface area contributed by atoms with Gasteiger partial charge in [0.1, 0.15) is 0 Å². The van der Waals surface area contributed by atoms with Crippen LogP contribution in [-0.2, 0) is 14.6 Å². The largest absolute Gasteiger partial charge is 0.342 e. The zero-order valence-corrected chi connectivity index (χ0v) is 8.97. The Balaban J connectivity index is 3.26. The summed E-state index contributed by atoms with van der Waals surface area (Å²) >= 11 is 0. The molecule has 14 heavy (non-hydrogen) atoms. The Labute approximate surface area is 85.7 Å². The Hall–Kier alpha value is -1.01. The highest BCUT2D eigenvalue weighted by Crippen LogP contribution is 1.92. The van der Waals surface area contributed by atoms with Gasteiger partial charge in [-0.3, -0.25) is 4.89 Å². The van der Waals surface area contributed by atoms with Crippen molar-refractivity contribution in [2.24, 2.45) is 0 Å². The van der Waals surface area contributed by atoms with Crippen molar-refractivity contribution in [3.05, 3.63) is 0 Å². The molecule has 0 amide bonds. The number of rotatable bonds is 6. The highest BCUT2D eigenvalue weighted by atomic mass is 17.2. The second-order valence-electron chi connectivity index (χ2n) is 2.92. The summed E-state index contributed by atoms with van der Waals surface area (Å²) in [7, 11) is 0. The van der Waals surface area contributed by atoms with Crippen LogP contribution in [0.1, 0.15) is 46.0 Å². The Bertz CT molecular complexity index is 200. The lowest BCUT2D eigenvalue weighted by atomic mass is 10.2. The maximum absolute atomic E-state index is 10.8.